The van der Waals surface area contributed by atoms with E-state index in [4.69, 9.17) is 10.8 Å². The maximum absolute atomic E-state index is 13.0. The summed E-state index contributed by atoms with van der Waals surface area (Å²) in [6, 6.07) is 10.4. The Balaban J connectivity index is 0.000000189. The summed E-state index contributed by atoms with van der Waals surface area (Å²) in [6.45, 7) is 2.56. The highest BCUT2D eigenvalue weighted by Crippen LogP contribution is 2.39. The molecular weight excluding hydrogens is 578 g/mol. The van der Waals surface area contributed by atoms with Crippen molar-refractivity contribution in [3.05, 3.63) is 75.9 Å². The third kappa shape index (κ3) is 10.6. The minimum Gasteiger partial charge on any atom is -0.481 e. The Bertz CT molecular complexity index is 1440. The van der Waals surface area contributed by atoms with Crippen LogP contribution in [0.15, 0.2) is 59.4 Å². The molecule has 3 aromatic rings. The van der Waals surface area contributed by atoms with E-state index < -0.39 is 29.6 Å². The summed E-state index contributed by atoms with van der Waals surface area (Å²) in [5, 5.41) is 11.3. The van der Waals surface area contributed by atoms with Crippen molar-refractivity contribution in [3.63, 3.8) is 0 Å². The number of fused-ring (bicyclic) bond motifs is 1. The number of likely N-dealkylation sites (tertiary alicyclic amines) is 1. The molecule has 232 valence electrons. The number of benzene rings is 2. The topological polar surface area (TPSA) is 146 Å². The molecule has 0 spiro atoms. The van der Waals surface area contributed by atoms with Crippen LogP contribution in [0.2, 0.25) is 0 Å². The number of carboxylic acid groups (broad SMARTS) is 1. The molecule has 5 rings (SSSR count). The average Bonchev–Trinajstić information content (AvgIpc) is 3.40. The van der Waals surface area contributed by atoms with Gasteiger partial charge in [-0.05, 0) is 62.3 Å². The number of nitrogens with zero attached hydrogens (tertiary/aromatic N) is 1. The largest absolute Gasteiger partial charge is 0.481 e. The van der Waals surface area contributed by atoms with E-state index >= 15 is 0 Å². The number of para-hydroxylation sites is 1. The second-order valence-electron chi connectivity index (χ2n) is 10.4. The summed E-state index contributed by atoms with van der Waals surface area (Å²) < 4.78 is 26.8. The summed E-state index contributed by atoms with van der Waals surface area (Å²) in [6.07, 6.45) is 11.2. The average molecular weight is 617 g/mol. The summed E-state index contributed by atoms with van der Waals surface area (Å²) in [5.41, 5.74) is 6.45. The second kappa shape index (κ2) is 16.5. The zero-order chi connectivity index (χ0) is 31.4. The van der Waals surface area contributed by atoms with Gasteiger partial charge in [0.2, 0.25) is 11.8 Å². The van der Waals surface area contributed by atoms with Crippen molar-refractivity contribution in [2.45, 2.75) is 57.9 Å². The summed E-state index contributed by atoms with van der Waals surface area (Å²) in [5.74, 6) is -3.14. The first kappa shape index (κ1) is 33.4. The van der Waals surface area contributed by atoms with E-state index in [-0.39, 0.29) is 23.2 Å². The van der Waals surface area contributed by atoms with E-state index in [1.807, 2.05) is 24.3 Å². The lowest BCUT2D eigenvalue weighted by Gasteiger charge is -2.22. The normalized spacial score (nSPS) is 18.9. The van der Waals surface area contributed by atoms with Crippen LogP contribution in [-0.2, 0) is 14.4 Å². The zero-order valence-corrected chi connectivity index (χ0v) is 24.9. The molecule has 43 heavy (non-hydrogen) atoms. The molecule has 2 heterocycles. The number of amides is 2. The van der Waals surface area contributed by atoms with Crippen LogP contribution in [0.4, 0.5) is 14.5 Å². The van der Waals surface area contributed by atoms with Crippen LogP contribution in [0, 0.1) is 23.5 Å². The predicted octanol–water partition coefficient (Wildman–Crippen LogP) is 5.29. The molecule has 2 fully saturated rings. The second-order valence-corrected chi connectivity index (χ2v) is 11.4. The maximum Gasteiger partial charge on any atom is 0.307 e. The van der Waals surface area contributed by atoms with Crippen molar-refractivity contribution >= 4 is 45.0 Å². The first-order valence-electron chi connectivity index (χ1n) is 14.4. The maximum atomic E-state index is 13.0. The highest BCUT2D eigenvalue weighted by Gasteiger charge is 2.40. The summed E-state index contributed by atoms with van der Waals surface area (Å²) in [7, 11) is 0. The fourth-order valence-electron chi connectivity index (χ4n) is 4.64. The number of thiazole rings is 1. The quantitative estimate of drug-likeness (QED) is 0.180. The number of primary amides is 1. The Labute approximate surface area is 252 Å². The summed E-state index contributed by atoms with van der Waals surface area (Å²) >= 11 is 1.24. The Kier molecular flexibility index (Phi) is 12.9. The van der Waals surface area contributed by atoms with E-state index in [9.17, 15) is 28.0 Å². The van der Waals surface area contributed by atoms with Gasteiger partial charge in [0, 0.05) is 18.3 Å². The first-order valence-corrected chi connectivity index (χ1v) is 15.2. The van der Waals surface area contributed by atoms with Gasteiger partial charge in [-0.3, -0.25) is 19.2 Å². The number of halogens is 2. The number of unbranched alkanes of at least 4 members (excludes halogenated alkanes) is 3. The monoisotopic (exact) mass is 616 g/mol. The third-order valence-corrected chi connectivity index (χ3v) is 7.97. The minimum absolute atomic E-state index is 0.0150. The predicted molar refractivity (Wildman–Crippen MR) is 164 cm³/mol. The van der Waals surface area contributed by atoms with Gasteiger partial charge in [-0.25, -0.2) is 8.78 Å². The molecule has 1 saturated carbocycles. The number of anilines is 1. The highest BCUT2D eigenvalue weighted by molar-refractivity contribution is 7.16. The van der Waals surface area contributed by atoms with Gasteiger partial charge < -0.3 is 26.0 Å². The van der Waals surface area contributed by atoms with Gasteiger partial charge >= 0.3 is 10.8 Å². The Morgan fingerprint density at radius 1 is 1.16 bits per heavy atom. The summed E-state index contributed by atoms with van der Waals surface area (Å²) in [4.78, 5) is 48.5. The van der Waals surface area contributed by atoms with Crippen LogP contribution in [0.1, 0.15) is 51.9 Å². The van der Waals surface area contributed by atoms with Crippen LogP contribution in [0.3, 0.4) is 0 Å². The number of aromatic nitrogens is 1. The van der Waals surface area contributed by atoms with Crippen molar-refractivity contribution < 1.29 is 28.3 Å². The van der Waals surface area contributed by atoms with Crippen molar-refractivity contribution in [2.75, 3.05) is 18.4 Å². The fraction of sp³-hybridized carbons (Fsp3) is 0.419. The Morgan fingerprint density at radius 2 is 1.93 bits per heavy atom. The van der Waals surface area contributed by atoms with Gasteiger partial charge in [0.05, 0.1) is 22.7 Å². The smallest absolute Gasteiger partial charge is 0.307 e. The number of allylic oxidation sites excluding steroid dienone is 2. The van der Waals surface area contributed by atoms with Gasteiger partial charge in [0.1, 0.15) is 6.04 Å². The van der Waals surface area contributed by atoms with E-state index in [2.05, 4.69) is 29.4 Å². The number of carbonyl (C=O) groups excluding carboxylic acids is 2. The molecule has 2 amide bonds. The molecule has 9 nitrogen and oxygen atoms in total. The Hall–Kier alpha value is -4.06. The van der Waals surface area contributed by atoms with Crippen LogP contribution in [0.25, 0.3) is 10.2 Å². The highest BCUT2D eigenvalue weighted by atomic mass is 32.1. The molecule has 5 N–H and O–H groups in total. The van der Waals surface area contributed by atoms with Gasteiger partial charge in [0.15, 0.2) is 11.6 Å². The molecular formula is C31H38F2N4O5S. The van der Waals surface area contributed by atoms with Crippen LogP contribution >= 0.6 is 11.3 Å². The number of nitrogens with two attached hydrogens (primary N) is 1. The van der Waals surface area contributed by atoms with E-state index in [1.165, 1.54) is 41.6 Å². The van der Waals surface area contributed by atoms with Gasteiger partial charge in [-0.15, -0.1) is 0 Å². The number of rotatable bonds is 10. The zero-order valence-electron chi connectivity index (χ0n) is 24.1. The van der Waals surface area contributed by atoms with Crippen molar-refractivity contribution in [2.24, 2.45) is 17.6 Å². The van der Waals surface area contributed by atoms with Gasteiger partial charge in [0.25, 0.3) is 0 Å². The number of hydrogen-bond acceptors (Lipinski definition) is 6. The molecule has 0 radical (unpaired) electrons. The van der Waals surface area contributed by atoms with Gasteiger partial charge in [-0.1, -0.05) is 55.4 Å². The minimum atomic E-state index is -0.987. The van der Waals surface area contributed by atoms with Gasteiger partial charge in [-0.2, -0.15) is 0 Å². The third-order valence-electron chi connectivity index (χ3n) is 7.11. The lowest BCUT2D eigenvalue weighted by atomic mass is 10.2. The van der Waals surface area contributed by atoms with E-state index in [1.54, 1.807) is 0 Å². The SMILES string of the molecule is CCCCC/C=C\C1CC1C(=O)O.NC(=O)C1CCCN1C(=O)CNc1ccc(F)c(F)c1.O=c1[nH]c2ccccc2s1. The standard InChI is InChI=1S/C13H15F2N3O2.C11H18O2.C7H5NOS/c14-9-4-3-8(6-10(9)15)17-7-12(19)18-5-1-2-11(18)13(16)20;1-2-3-4-5-6-7-9-8-10(9)11(12)13;9-7-8-5-3-1-2-4-6(5)10-7/h3-4,6,11,17H,1-2,5,7H2,(H2,16,20);6-7,9-10H,2-5,8H2,1H3,(H,12,13);1-4H,(H,8,9)/b;7-6-;. The number of aliphatic carboxylic acids is 1. The first-order chi connectivity index (χ1) is 20.6. The molecule has 0 bridgehead atoms. The molecule has 1 aliphatic heterocycles. The lowest BCUT2D eigenvalue weighted by Crippen LogP contribution is -2.45. The number of H-pyrrole nitrogens is 1. The van der Waals surface area contributed by atoms with Crippen molar-refractivity contribution in [3.8, 4) is 0 Å². The fourth-order valence-corrected chi connectivity index (χ4v) is 5.37. The van der Waals surface area contributed by atoms with Crippen LogP contribution in [-0.4, -0.2) is 51.9 Å². The van der Waals surface area contributed by atoms with E-state index in [0.29, 0.717) is 24.6 Å². The van der Waals surface area contributed by atoms with Crippen LogP contribution in [0.5, 0.6) is 0 Å². The molecule has 1 aromatic heterocycles. The molecule has 3 unspecified atom stereocenters. The van der Waals surface area contributed by atoms with Crippen LogP contribution < -0.4 is 15.9 Å². The number of aromatic amines is 1. The molecule has 1 saturated heterocycles. The van der Waals surface area contributed by atoms with E-state index in [0.717, 1.165) is 41.6 Å². The number of nitrogens with one attached hydrogen (secondary N) is 2. The van der Waals surface area contributed by atoms with Crippen molar-refractivity contribution in [1.29, 1.82) is 0 Å². The van der Waals surface area contributed by atoms with Crippen molar-refractivity contribution in [1.82, 2.24) is 9.88 Å². The lowest BCUT2D eigenvalue weighted by molar-refractivity contribution is -0.138. The molecule has 2 aliphatic rings. The number of hydrogen-bond donors (Lipinski definition) is 4. The molecule has 2 aromatic carbocycles. The molecule has 12 heteroatoms. The molecule has 3 atom stereocenters. The molecule has 1 aliphatic carbocycles. The number of carboxylic acids is 1. The Morgan fingerprint density at radius 3 is 2.58 bits per heavy atom. The number of carbonyl (C=O) groups is 3.